The van der Waals surface area contributed by atoms with E-state index in [1.165, 1.54) is 5.56 Å². The molecule has 4 heteroatoms. The van der Waals surface area contributed by atoms with E-state index in [1.807, 2.05) is 43.3 Å². The number of imidazole rings is 1. The van der Waals surface area contributed by atoms with Crippen LogP contribution in [0, 0.1) is 6.92 Å². The minimum atomic E-state index is -0.974. The van der Waals surface area contributed by atoms with E-state index in [-0.39, 0.29) is 11.1 Å². The van der Waals surface area contributed by atoms with Gasteiger partial charge in [-0.2, -0.15) is 0 Å². The van der Waals surface area contributed by atoms with Gasteiger partial charge in [0.05, 0.1) is 0 Å². The van der Waals surface area contributed by atoms with Crippen molar-refractivity contribution in [1.29, 1.82) is 0 Å². The highest BCUT2D eigenvalue weighted by molar-refractivity contribution is 5.94. The molecule has 0 radical (unpaired) electrons. The first-order valence-electron chi connectivity index (χ1n) is 7.60. The molecule has 0 bridgehead atoms. The first-order chi connectivity index (χ1) is 10.8. The van der Waals surface area contributed by atoms with Crippen LogP contribution < -0.4 is 0 Å². The van der Waals surface area contributed by atoms with Crippen LogP contribution in [0.5, 0.6) is 0 Å². The predicted molar refractivity (Wildman–Crippen MR) is 91.0 cm³/mol. The Balaban J connectivity index is 2.19. The molecular weight excluding hydrogens is 288 g/mol. The highest BCUT2D eigenvalue weighted by Gasteiger charge is 2.21. The largest absolute Gasteiger partial charge is 0.476 e. The van der Waals surface area contributed by atoms with Crippen LogP contribution in [0.15, 0.2) is 42.6 Å². The van der Waals surface area contributed by atoms with E-state index < -0.39 is 5.97 Å². The van der Waals surface area contributed by atoms with Crippen molar-refractivity contribution < 1.29 is 9.90 Å². The summed E-state index contributed by atoms with van der Waals surface area (Å²) in [6.45, 7) is 8.39. The molecule has 0 amide bonds. The summed E-state index contributed by atoms with van der Waals surface area (Å²) < 4.78 is 1.64. The molecule has 0 spiro atoms. The van der Waals surface area contributed by atoms with E-state index in [9.17, 15) is 9.90 Å². The Morgan fingerprint density at radius 1 is 1.09 bits per heavy atom. The number of carboxylic acids is 1. The fourth-order valence-electron chi connectivity index (χ4n) is 2.68. The lowest BCUT2D eigenvalue weighted by atomic mass is 9.86. The van der Waals surface area contributed by atoms with Crippen LogP contribution in [0.2, 0.25) is 0 Å². The van der Waals surface area contributed by atoms with Gasteiger partial charge >= 0.3 is 5.97 Å². The molecule has 0 saturated heterocycles. The number of hydrogen-bond acceptors (Lipinski definition) is 2. The number of aromatic carboxylic acids is 1. The number of pyridine rings is 1. The molecule has 1 aromatic carbocycles. The molecule has 0 aliphatic heterocycles. The first kappa shape index (κ1) is 15.3. The third-order valence-electron chi connectivity index (χ3n) is 3.99. The van der Waals surface area contributed by atoms with Crippen LogP contribution in [-0.4, -0.2) is 20.5 Å². The second kappa shape index (κ2) is 5.23. The molecule has 0 atom stereocenters. The molecule has 2 heterocycles. The Morgan fingerprint density at radius 2 is 1.74 bits per heavy atom. The molecule has 2 aromatic heterocycles. The van der Waals surface area contributed by atoms with E-state index in [2.05, 4.69) is 25.8 Å². The minimum Gasteiger partial charge on any atom is -0.476 e. The Kier molecular flexibility index (Phi) is 3.48. The van der Waals surface area contributed by atoms with Gasteiger partial charge in [-0.05, 0) is 29.5 Å². The molecule has 0 unspecified atom stereocenters. The van der Waals surface area contributed by atoms with Crippen molar-refractivity contribution in [2.45, 2.75) is 33.1 Å². The van der Waals surface area contributed by atoms with Crippen molar-refractivity contribution in [3.05, 3.63) is 59.4 Å². The van der Waals surface area contributed by atoms with Crippen molar-refractivity contribution >= 4 is 11.6 Å². The maximum atomic E-state index is 11.7. The van der Waals surface area contributed by atoms with Crippen LogP contribution in [0.25, 0.3) is 16.9 Å². The quantitative estimate of drug-likeness (QED) is 0.767. The van der Waals surface area contributed by atoms with Crippen molar-refractivity contribution in [3.63, 3.8) is 0 Å². The molecule has 3 rings (SSSR count). The molecule has 23 heavy (non-hydrogen) atoms. The lowest BCUT2D eigenvalue weighted by molar-refractivity contribution is 0.0690. The van der Waals surface area contributed by atoms with Gasteiger partial charge in [0.15, 0.2) is 5.69 Å². The number of benzene rings is 1. The van der Waals surface area contributed by atoms with Crippen LogP contribution in [-0.2, 0) is 5.41 Å². The Bertz CT molecular complexity index is 884. The monoisotopic (exact) mass is 308 g/mol. The zero-order valence-electron chi connectivity index (χ0n) is 13.8. The Labute approximate surface area is 135 Å². The summed E-state index contributed by atoms with van der Waals surface area (Å²) >= 11 is 0. The Morgan fingerprint density at radius 3 is 2.30 bits per heavy atom. The average molecular weight is 308 g/mol. The van der Waals surface area contributed by atoms with Crippen molar-refractivity contribution in [2.75, 3.05) is 0 Å². The number of fused-ring (bicyclic) bond motifs is 1. The topological polar surface area (TPSA) is 54.6 Å². The summed E-state index contributed by atoms with van der Waals surface area (Å²) in [5, 5.41) is 9.63. The van der Waals surface area contributed by atoms with Gasteiger partial charge in [0.25, 0.3) is 0 Å². The van der Waals surface area contributed by atoms with E-state index in [4.69, 9.17) is 0 Å². The van der Waals surface area contributed by atoms with E-state index in [1.54, 1.807) is 10.6 Å². The SMILES string of the molecule is Cc1ccc2nc(-c3ccc(C(C)(C)C)cc3)c(C(=O)O)n2c1. The number of nitrogens with zero attached hydrogens (tertiary/aromatic N) is 2. The second-order valence-corrected chi connectivity index (χ2v) is 6.88. The second-order valence-electron chi connectivity index (χ2n) is 6.88. The predicted octanol–water partition coefficient (Wildman–Crippen LogP) is 4.31. The fourth-order valence-corrected chi connectivity index (χ4v) is 2.68. The summed E-state index contributed by atoms with van der Waals surface area (Å²) in [6.07, 6.45) is 1.80. The molecule has 0 saturated carbocycles. The van der Waals surface area contributed by atoms with Gasteiger partial charge in [0, 0.05) is 11.8 Å². The maximum Gasteiger partial charge on any atom is 0.355 e. The smallest absolute Gasteiger partial charge is 0.355 e. The van der Waals surface area contributed by atoms with Gasteiger partial charge < -0.3 is 5.11 Å². The molecule has 0 aliphatic rings. The number of rotatable bonds is 2. The summed E-state index contributed by atoms with van der Waals surface area (Å²) in [6, 6.07) is 11.7. The van der Waals surface area contributed by atoms with Gasteiger partial charge in [0.2, 0.25) is 0 Å². The van der Waals surface area contributed by atoms with Crippen LogP contribution in [0.1, 0.15) is 42.4 Å². The molecular formula is C19H20N2O2. The standard InChI is InChI=1S/C19H20N2O2/c1-12-5-10-15-20-16(17(18(22)23)21(15)11-12)13-6-8-14(9-7-13)19(2,3)4/h5-11H,1-4H3,(H,22,23). The van der Waals surface area contributed by atoms with Gasteiger partial charge in [-0.1, -0.05) is 51.1 Å². The number of carboxylic acid groups (broad SMARTS) is 1. The summed E-state index contributed by atoms with van der Waals surface area (Å²) in [5.41, 5.74) is 4.42. The normalized spacial score (nSPS) is 11.8. The molecule has 0 aliphatic carbocycles. The summed E-state index contributed by atoms with van der Waals surface area (Å²) in [5.74, 6) is -0.974. The van der Waals surface area contributed by atoms with Crippen molar-refractivity contribution in [2.24, 2.45) is 0 Å². The van der Waals surface area contributed by atoms with E-state index >= 15 is 0 Å². The van der Waals surface area contributed by atoms with Gasteiger partial charge in [-0.25, -0.2) is 9.78 Å². The molecule has 4 nitrogen and oxygen atoms in total. The number of aromatic nitrogens is 2. The third-order valence-corrected chi connectivity index (χ3v) is 3.99. The van der Waals surface area contributed by atoms with Crippen LogP contribution in [0.3, 0.4) is 0 Å². The van der Waals surface area contributed by atoms with E-state index in [0.29, 0.717) is 11.3 Å². The fraction of sp³-hybridized carbons (Fsp3) is 0.263. The zero-order valence-corrected chi connectivity index (χ0v) is 13.8. The number of hydrogen-bond donors (Lipinski definition) is 1. The number of carbonyl (C=O) groups is 1. The summed E-state index contributed by atoms with van der Waals surface area (Å²) in [7, 11) is 0. The third kappa shape index (κ3) is 2.72. The zero-order chi connectivity index (χ0) is 16.8. The minimum absolute atomic E-state index is 0.0597. The van der Waals surface area contributed by atoms with Gasteiger partial charge in [-0.15, -0.1) is 0 Å². The highest BCUT2D eigenvalue weighted by Crippen LogP contribution is 2.28. The lowest BCUT2D eigenvalue weighted by Crippen LogP contribution is -2.10. The number of aryl methyl sites for hydroxylation is 1. The van der Waals surface area contributed by atoms with Crippen molar-refractivity contribution in [3.8, 4) is 11.3 Å². The van der Waals surface area contributed by atoms with Crippen LogP contribution in [0.4, 0.5) is 0 Å². The highest BCUT2D eigenvalue weighted by atomic mass is 16.4. The molecule has 118 valence electrons. The molecule has 1 N–H and O–H groups in total. The Hall–Kier alpha value is -2.62. The molecule has 3 aromatic rings. The maximum absolute atomic E-state index is 11.7. The van der Waals surface area contributed by atoms with Crippen LogP contribution >= 0.6 is 0 Å². The summed E-state index contributed by atoms with van der Waals surface area (Å²) in [4.78, 5) is 16.3. The van der Waals surface area contributed by atoms with E-state index in [0.717, 1.165) is 11.1 Å². The molecule has 0 fully saturated rings. The van der Waals surface area contributed by atoms with Crippen molar-refractivity contribution in [1.82, 2.24) is 9.38 Å². The van der Waals surface area contributed by atoms with Gasteiger partial charge in [0.1, 0.15) is 11.3 Å². The van der Waals surface area contributed by atoms with Gasteiger partial charge in [-0.3, -0.25) is 4.40 Å². The average Bonchev–Trinajstić information content (AvgIpc) is 2.85. The lowest BCUT2D eigenvalue weighted by Gasteiger charge is -2.19. The first-order valence-corrected chi connectivity index (χ1v) is 7.60.